The van der Waals surface area contributed by atoms with Crippen molar-refractivity contribution in [2.24, 2.45) is 10.9 Å². The average Bonchev–Trinajstić information content (AvgIpc) is 3.65. The largest absolute Gasteiger partial charge is 0.493 e. The van der Waals surface area contributed by atoms with Gasteiger partial charge in [-0.3, -0.25) is 9.79 Å². The maximum Gasteiger partial charge on any atom is 0.223 e. The second-order valence-electron chi connectivity index (χ2n) is 8.60. The molecule has 3 rings (SSSR count). The van der Waals surface area contributed by atoms with E-state index in [4.69, 9.17) is 14.5 Å². The number of carbonyl (C=O) groups excluding carboxylic acids is 1. The van der Waals surface area contributed by atoms with Gasteiger partial charge in [-0.1, -0.05) is 25.3 Å². The first-order chi connectivity index (χ1) is 15.1. The lowest BCUT2D eigenvalue weighted by Crippen LogP contribution is -2.43. The molecule has 0 aromatic heterocycles. The molecule has 1 aromatic carbocycles. The van der Waals surface area contributed by atoms with Gasteiger partial charge in [-0.2, -0.15) is 0 Å². The molecule has 0 unspecified atom stereocenters. The standard InChI is InChI=1S/C24H38N4O3/c1-4-25-23(27-15-14-26-22(29)18-8-9-18)28-17-24(12-6-5-7-13-24)19-10-11-20(30-2)21(16-19)31-3/h10-11,16,18H,4-9,12-15,17H2,1-3H3,(H,26,29)(H2,25,27,28). The van der Waals surface area contributed by atoms with E-state index in [-0.39, 0.29) is 17.2 Å². The van der Waals surface area contributed by atoms with E-state index in [9.17, 15) is 4.79 Å². The number of methoxy groups -OCH3 is 2. The van der Waals surface area contributed by atoms with Crippen LogP contribution in [0.2, 0.25) is 0 Å². The van der Waals surface area contributed by atoms with Crippen LogP contribution < -0.4 is 25.4 Å². The lowest BCUT2D eigenvalue weighted by Gasteiger charge is -2.37. The van der Waals surface area contributed by atoms with Crippen LogP contribution in [-0.4, -0.2) is 52.3 Å². The molecule has 7 heteroatoms. The molecule has 0 aliphatic heterocycles. The molecule has 1 aromatic rings. The molecule has 0 radical (unpaired) electrons. The van der Waals surface area contributed by atoms with Crippen molar-refractivity contribution in [3.05, 3.63) is 23.8 Å². The highest BCUT2D eigenvalue weighted by Gasteiger charge is 2.34. The summed E-state index contributed by atoms with van der Waals surface area (Å²) in [5.74, 6) is 2.75. The van der Waals surface area contributed by atoms with Gasteiger partial charge in [-0.15, -0.1) is 0 Å². The van der Waals surface area contributed by atoms with E-state index in [0.29, 0.717) is 19.6 Å². The van der Waals surface area contributed by atoms with Crippen LogP contribution in [0.3, 0.4) is 0 Å². The number of hydrogen-bond donors (Lipinski definition) is 3. The molecular formula is C24H38N4O3. The van der Waals surface area contributed by atoms with Crippen LogP contribution in [0.15, 0.2) is 23.2 Å². The van der Waals surface area contributed by atoms with Gasteiger partial charge in [0.15, 0.2) is 17.5 Å². The monoisotopic (exact) mass is 430 g/mol. The van der Waals surface area contributed by atoms with Crippen LogP contribution in [0.5, 0.6) is 11.5 Å². The van der Waals surface area contributed by atoms with E-state index < -0.39 is 0 Å². The Balaban J connectivity index is 1.68. The molecule has 0 heterocycles. The number of rotatable bonds is 10. The van der Waals surface area contributed by atoms with Crippen LogP contribution in [0.1, 0.15) is 57.4 Å². The SMILES string of the molecule is CCNC(=NCC1(c2ccc(OC)c(OC)c2)CCCCC1)NCCNC(=O)C1CC1. The minimum Gasteiger partial charge on any atom is -0.493 e. The minimum atomic E-state index is 0.000339. The van der Waals surface area contributed by atoms with E-state index in [1.807, 2.05) is 6.07 Å². The maximum absolute atomic E-state index is 11.8. The summed E-state index contributed by atoms with van der Waals surface area (Å²) in [6.45, 7) is 4.85. The summed E-state index contributed by atoms with van der Waals surface area (Å²) in [4.78, 5) is 16.8. The molecule has 0 atom stereocenters. The van der Waals surface area contributed by atoms with Gasteiger partial charge in [0.2, 0.25) is 5.91 Å². The summed E-state index contributed by atoms with van der Waals surface area (Å²) < 4.78 is 11.0. The summed E-state index contributed by atoms with van der Waals surface area (Å²) in [6.07, 6.45) is 7.98. The predicted molar refractivity (Wildman–Crippen MR) is 124 cm³/mol. The number of aliphatic imine (C=N–C) groups is 1. The lowest BCUT2D eigenvalue weighted by atomic mass is 9.69. The van der Waals surface area contributed by atoms with Gasteiger partial charge in [0, 0.05) is 31.0 Å². The van der Waals surface area contributed by atoms with E-state index in [1.165, 1.54) is 24.8 Å². The Labute approximate surface area is 186 Å². The highest BCUT2D eigenvalue weighted by molar-refractivity contribution is 5.81. The minimum absolute atomic E-state index is 0.000339. The first-order valence-corrected chi connectivity index (χ1v) is 11.6. The molecule has 31 heavy (non-hydrogen) atoms. The third-order valence-corrected chi connectivity index (χ3v) is 6.36. The number of amides is 1. The maximum atomic E-state index is 11.8. The van der Waals surface area contributed by atoms with Crippen molar-refractivity contribution in [1.82, 2.24) is 16.0 Å². The fourth-order valence-corrected chi connectivity index (χ4v) is 4.36. The Morgan fingerprint density at radius 3 is 2.39 bits per heavy atom. The molecule has 7 nitrogen and oxygen atoms in total. The van der Waals surface area contributed by atoms with Crippen molar-refractivity contribution in [3.63, 3.8) is 0 Å². The number of benzene rings is 1. The normalized spacial score (nSPS) is 18.2. The zero-order valence-corrected chi connectivity index (χ0v) is 19.3. The summed E-state index contributed by atoms with van der Waals surface area (Å²) in [6, 6.07) is 6.28. The number of hydrogen-bond acceptors (Lipinski definition) is 4. The first kappa shape index (κ1) is 23.2. The molecule has 2 saturated carbocycles. The van der Waals surface area contributed by atoms with Gasteiger partial charge >= 0.3 is 0 Å². The lowest BCUT2D eigenvalue weighted by molar-refractivity contribution is -0.122. The van der Waals surface area contributed by atoms with Crippen LogP contribution in [0, 0.1) is 5.92 Å². The fourth-order valence-electron chi connectivity index (χ4n) is 4.36. The van der Waals surface area contributed by atoms with Gasteiger partial charge in [-0.05, 0) is 50.3 Å². The number of carbonyl (C=O) groups is 1. The van der Waals surface area contributed by atoms with Gasteiger partial charge < -0.3 is 25.4 Å². The van der Waals surface area contributed by atoms with Gasteiger partial charge in [-0.25, -0.2) is 0 Å². The van der Waals surface area contributed by atoms with Crippen LogP contribution in [0.4, 0.5) is 0 Å². The molecule has 0 saturated heterocycles. The molecule has 0 bridgehead atoms. The highest BCUT2D eigenvalue weighted by Crippen LogP contribution is 2.42. The summed E-state index contributed by atoms with van der Waals surface area (Å²) in [5.41, 5.74) is 1.27. The topological polar surface area (TPSA) is 84.0 Å². The molecule has 0 spiro atoms. The van der Waals surface area contributed by atoms with Crippen LogP contribution >= 0.6 is 0 Å². The van der Waals surface area contributed by atoms with Crippen LogP contribution in [0.25, 0.3) is 0 Å². The van der Waals surface area contributed by atoms with Gasteiger partial charge in [0.05, 0.1) is 20.8 Å². The summed E-state index contributed by atoms with van der Waals surface area (Å²) >= 11 is 0. The molecular weight excluding hydrogens is 392 g/mol. The Bertz CT molecular complexity index is 755. The van der Waals surface area contributed by atoms with E-state index in [0.717, 1.165) is 49.7 Å². The van der Waals surface area contributed by atoms with Gasteiger partial charge in [0.25, 0.3) is 0 Å². The smallest absolute Gasteiger partial charge is 0.223 e. The van der Waals surface area contributed by atoms with Crippen molar-refractivity contribution < 1.29 is 14.3 Å². The van der Waals surface area contributed by atoms with E-state index >= 15 is 0 Å². The Morgan fingerprint density at radius 2 is 1.74 bits per heavy atom. The third-order valence-electron chi connectivity index (χ3n) is 6.36. The third kappa shape index (κ3) is 6.28. The van der Waals surface area contributed by atoms with Crippen LogP contribution in [-0.2, 0) is 10.2 Å². The van der Waals surface area contributed by atoms with Crippen molar-refractivity contribution >= 4 is 11.9 Å². The Kier molecular flexibility index (Phi) is 8.43. The van der Waals surface area contributed by atoms with E-state index in [2.05, 4.69) is 35.0 Å². The second-order valence-corrected chi connectivity index (χ2v) is 8.60. The van der Waals surface area contributed by atoms with Gasteiger partial charge in [0.1, 0.15) is 0 Å². The Morgan fingerprint density at radius 1 is 1.03 bits per heavy atom. The van der Waals surface area contributed by atoms with Crippen molar-refractivity contribution in [3.8, 4) is 11.5 Å². The number of nitrogens with zero attached hydrogens (tertiary/aromatic N) is 1. The quantitative estimate of drug-likeness (QED) is 0.302. The number of guanidine groups is 1. The number of ether oxygens (including phenoxy) is 2. The van der Waals surface area contributed by atoms with E-state index in [1.54, 1.807) is 14.2 Å². The van der Waals surface area contributed by atoms with Crippen molar-refractivity contribution in [1.29, 1.82) is 0 Å². The fraction of sp³-hybridized carbons (Fsp3) is 0.667. The molecule has 2 fully saturated rings. The molecule has 2 aliphatic carbocycles. The Hall–Kier alpha value is -2.44. The summed E-state index contributed by atoms with van der Waals surface area (Å²) in [5, 5.41) is 9.69. The zero-order chi connectivity index (χ0) is 22.1. The van der Waals surface area contributed by atoms with Crippen molar-refractivity contribution in [2.45, 2.75) is 57.3 Å². The predicted octanol–water partition coefficient (Wildman–Crippen LogP) is 2.99. The number of nitrogens with one attached hydrogen (secondary N) is 3. The second kappa shape index (κ2) is 11.3. The summed E-state index contributed by atoms with van der Waals surface area (Å²) in [7, 11) is 3.35. The molecule has 172 valence electrons. The zero-order valence-electron chi connectivity index (χ0n) is 19.3. The van der Waals surface area contributed by atoms with Crippen molar-refractivity contribution in [2.75, 3.05) is 40.4 Å². The first-order valence-electron chi connectivity index (χ1n) is 11.6. The molecule has 2 aliphatic rings. The molecule has 1 amide bonds. The molecule has 3 N–H and O–H groups in total. The highest BCUT2D eigenvalue weighted by atomic mass is 16.5. The average molecular weight is 431 g/mol.